The molecule has 0 radical (unpaired) electrons. The highest BCUT2D eigenvalue weighted by Crippen LogP contribution is 2.30. The molecule has 1 atom stereocenters. The monoisotopic (exact) mass is 285 g/mol. The molecule has 0 spiro atoms. The van der Waals surface area contributed by atoms with Crippen LogP contribution < -0.4 is 4.90 Å². The zero-order valence-corrected chi connectivity index (χ0v) is 12.1. The van der Waals surface area contributed by atoms with Crippen LogP contribution in [-0.2, 0) is 24.3 Å². The molecule has 2 aromatic rings. The number of nitrogens with zero attached hydrogens (tertiary/aromatic N) is 3. The minimum atomic E-state index is -0.723. The molecule has 3 rings (SSSR count). The first kappa shape index (κ1) is 13.7. The van der Waals surface area contributed by atoms with Crippen molar-refractivity contribution in [3.05, 3.63) is 47.8 Å². The highest BCUT2D eigenvalue weighted by Gasteiger charge is 2.28. The van der Waals surface area contributed by atoms with E-state index in [4.69, 9.17) is 0 Å². The molecule has 0 amide bonds. The predicted molar refractivity (Wildman–Crippen MR) is 80.2 cm³/mol. The van der Waals surface area contributed by atoms with Gasteiger partial charge in [0.25, 0.3) is 0 Å². The first-order valence-electron chi connectivity index (χ1n) is 7.24. The van der Waals surface area contributed by atoms with Gasteiger partial charge in [-0.25, -0.2) is 0 Å². The van der Waals surface area contributed by atoms with E-state index in [1.807, 2.05) is 42.2 Å². The van der Waals surface area contributed by atoms with E-state index in [1.54, 1.807) is 0 Å². The first-order valence-corrected chi connectivity index (χ1v) is 7.24. The van der Waals surface area contributed by atoms with Gasteiger partial charge in [-0.1, -0.05) is 18.2 Å². The van der Waals surface area contributed by atoms with Gasteiger partial charge in [-0.2, -0.15) is 5.10 Å². The maximum atomic E-state index is 11.4. The summed E-state index contributed by atoms with van der Waals surface area (Å²) in [5.41, 5.74) is 3.36. The molecule has 0 aliphatic carbocycles. The van der Waals surface area contributed by atoms with Gasteiger partial charge in [0.15, 0.2) is 0 Å². The lowest BCUT2D eigenvalue weighted by Gasteiger charge is -2.34. The summed E-state index contributed by atoms with van der Waals surface area (Å²) in [7, 11) is 0. The summed E-state index contributed by atoms with van der Waals surface area (Å²) in [5, 5.41) is 13.6. The van der Waals surface area contributed by atoms with E-state index in [2.05, 4.69) is 16.1 Å². The maximum absolute atomic E-state index is 11.4. The van der Waals surface area contributed by atoms with Crippen LogP contribution in [0.2, 0.25) is 0 Å². The Hall–Kier alpha value is -2.30. The smallest absolute Gasteiger partial charge is 0.308 e. The van der Waals surface area contributed by atoms with Crippen LogP contribution in [0.25, 0.3) is 0 Å². The Labute approximate surface area is 123 Å². The second-order valence-corrected chi connectivity index (χ2v) is 5.45. The zero-order valence-electron chi connectivity index (χ0n) is 12.1. The zero-order chi connectivity index (χ0) is 14.8. The largest absolute Gasteiger partial charge is 0.481 e. The van der Waals surface area contributed by atoms with Crippen LogP contribution in [0.5, 0.6) is 0 Å². The van der Waals surface area contributed by atoms with Crippen LogP contribution in [0.15, 0.2) is 36.7 Å². The van der Waals surface area contributed by atoms with Gasteiger partial charge in [0.1, 0.15) is 0 Å². The van der Waals surface area contributed by atoms with Crippen LogP contribution in [0, 0.1) is 5.92 Å². The van der Waals surface area contributed by atoms with Gasteiger partial charge >= 0.3 is 5.97 Å². The van der Waals surface area contributed by atoms with Gasteiger partial charge in [-0.15, -0.1) is 0 Å². The number of carbonyl (C=O) groups is 1. The van der Waals surface area contributed by atoms with Crippen molar-refractivity contribution < 1.29 is 9.90 Å². The number of fused-ring (bicyclic) bond motifs is 1. The summed E-state index contributed by atoms with van der Waals surface area (Å²) in [5.74, 6) is -1.07. The normalized spacial score (nSPS) is 17.6. The fraction of sp³-hybridized carbons (Fsp3) is 0.375. The lowest BCUT2D eigenvalue weighted by atomic mass is 9.92. The SMILES string of the molecule is CCn1cc(CN2CC(C(=O)O)Cc3ccccc32)cn1. The van der Waals surface area contributed by atoms with Crippen molar-refractivity contribution in [3.8, 4) is 0 Å². The number of aromatic nitrogens is 2. The van der Waals surface area contributed by atoms with E-state index < -0.39 is 5.97 Å². The van der Waals surface area contributed by atoms with Gasteiger partial charge in [0, 0.05) is 37.1 Å². The summed E-state index contributed by atoms with van der Waals surface area (Å²) in [6, 6.07) is 8.06. The van der Waals surface area contributed by atoms with Crippen LogP contribution in [-0.4, -0.2) is 27.4 Å². The Bertz CT molecular complexity index is 650. The van der Waals surface area contributed by atoms with Gasteiger partial charge < -0.3 is 10.0 Å². The first-order chi connectivity index (χ1) is 10.2. The molecular weight excluding hydrogens is 266 g/mol. The molecule has 1 aliphatic rings. The fourth-order valence-electron chi connectivity index (χ4n) is 2.88. The third-order valence-electron chi connectivity index (χ3n) is 3.97. The molecule has 5 heteroatoms. The molecular formula is C16H19N3O2. The molecule has 1 aromatic carbocycles. The van der Waals surface area contributed by atoms with E-state index in [1.165, 1.54) is 0 Å². The van der Waals surface area contributed by atoms with Gasteiger partial charge in [-0.3, -0.25) is 9.48 Å². The third-order valence-corrected chi connectivity index (χ3v) is 3.97. The molecule has 0 saturated heterocycles. The summed E-state index contributed by atoms with van der Waals surface area (Å²) in [6.07, 6.45) is 4.49. The number of anilines is 1. The number of benzene rings is 1. The quantitative estimate of drug-likeness (QED) is 0.935. The highest BCUT2D eigenvalue weighted by atomic mass is 16.4. The molecule has 1 aliphatic heterocycles. The van der Waals surface area contributed by atoms with Crippen LogP contribution in [0.1, 0.15) is 18.1 Å². The van der Waals surface area contributed by atoms with Crippen molar-refractivity contribution in [2.75, 3.05) is 11.4 Å². The molecule has 0 fully saturated rings. The van der Waals surface area contributed by atoms with Crippen LogP contribution in [0.3, 0.4) is 0 Å². The van der Waals surface area contributed by atoms with E-state index in [-0.39, 0.29) is 5.92 Å². The molecule has 1 aromatic heterocycles. The van der Waals surface area contributed by atoms with Crippen molar-refractivity contribution in [2.45, 2.75) is 26.4 Å². The van der Waals surface area contributed by atoms with E-state index in [9.17, 15) is 9.90 Å². The Balaban J connectivity index is 1.87. The van der Waals surface area contributed by atoms with E-state index in [0.717, 1.165) is 23.4 Å². The van der Waals surface area contributed by atoms with Crippen LogP contribution >= 0.6 is 0 Å². The van der Waals surface area contributed by atoms with Crippen molar-refractivity contribution >= 4 is 11.7 Å². The molecule has 5 nitrogen and oxygen atoms in total. The molecule has 21 heavy (non-hydrogen) atoms. The molecule has 0 bridgehead atoms. The van der Waals surface area contributed by atoms with Crippen LogP contribution in [0.4, 0.5) is 5.69 Å². The maximum Gasteiger partial charge on any atom is 0.308 e. The summed E-state index contributed by atoms with van der Waals surface area (Å²) in [4.78, 5) is 13.5. The minimum Gasteiger partial charge on any atom is -0.481 e. The number of carboxylic acids is 1. The summed E-state index contributed by atoms with van der Waals surface area (Å²) < 4.78 is 1.89. The summed E-state index contributed by atoms with van der Waals surface area (Å²) in [6.45, 7) is 4.13. The molecule has 110 valence electrons. The lowest BCUT2D eigenvalue weighted by Crippen LogP contribution is -2.38. The molecule has 0 saturated carbocycles. The number of hydrogen-bond acceptors (Lipinski definition) is 3. The Morgan fingerprint density at radius 1 is 1.43 bits per heavy atom. The van der Waals surface area contributed by atoms with Gasteiger partial charge in [0.05, 0.1) is 12.1 Å². The Morgan fingerprint density at radius 3 is 2.95 bits per heavy atom. The number of rotatable bonds is 4. The highest BCUT2D eigenvalue weighted by molar-refractivity contribution is 5.73. The van der Waals surface area contributed by atoms with Crippen molar-refractivity contribution in [1.82, 2.24) is 9.78 Å². The molecule has 1 unspecified atom stereocenters. The number of hydrogen-bond donors (Lipinski definition) is 1. The number of para-hydroxylation sites is 1. The van der Waals surface area contributed by atoms with Crippen molar-refractivity contribution in [3.63, 3.8) is 0 Å². The Morgan fingerprint density at radius 2 is 2.24 bits per heavy atom. The lowest BCUT2D eigenvalue weighted by molar-refractivity contribution is -0.141. The second-order valence-electron chi connectivity index (χ2n) is 5.45. The number of aryl methyl sites for hydroxylation is 1. The van der Waals surface area contributed by atoms with E-state index >= 15 is 0 Å². The molecule has 1 N–H and O–H groups in total. The molecule has 2 heterocycles. The number of carboxylic acid groups (broad SMARTS) is 1. The predicted octanol–water partition coefficient (Wildman–Crippen LogP) is 2.17. The minimum absolute atomic E-state index is 0.346. The average molecular weight is 285 g/mol. The summed E-state index contributed by atoms with van der Waals surface area (Å²) >= 11 is 0. The average Bonchev–Trinajstić information content (AvgIpc) is 2.94. The fourth-order valence-corrected chi connectivity index (χ4v) is 2.88. The van der Waals surface area contributed by atoms with Gasteiger partial charge in [0.2, 0.25) is 0 Å². The standard InChI is InChI=1S/C16H19N3O2/c1-2-19-10-12(8-17-19)9-18-11-14(16(20)21)7-13-5-3-4-6-15(13)18/h3-6,8,10,14H,2,7,9,11H2,1H3,(H,20,21). The third kappa shape index (κ3) is 2.77. The van der Waals surface area contributed by atoms with Gasteiger partial charge in [-0.05, 0) is 25.0 Å². The number of aliphatic carboxylic acids is 1. The second kappa shape index (κ2) is 5.60. The van der Waals surface area contributed by atoms with Crippen molar-refractivity contribution in [2.24, 2.45) is 5.92 Å². The Kier molecular flexibility index (Phi) is 3.64. The topological polar surface area (TPSA) is 58.4 Å². The van der Waals surface area contributed by atoms with E-state index in [0.29, 0.717) is 19.5 Å². The van der Waals surface area contributed by atoms with Crippen molar-refractivity contribution in [1.29, 1.82) is 0 Å².